The Labute approximate surface area is 220 Å². The van der Waals surface area contributed by atoms with Crippen molar-refractivity contribution in [2.45, 2.75) is 27.4 Å². The zero-order chi connectivity index (χ0) is 25.9. The monoisotopic (exact) mass is 530 g/mol. The van der Waals surface area contributed by atoms with Gasteiger partial charge in [-0.15, -0.1) is 0 Å². The zero-order valence-electron chi connectivity index (χ0n) is 20.3. The van der Waals surface area contributed by atoms with Gasteiger partial charge in [0.1, 0.15) is 6.61 Å². The van der Waals surface area contributed by atoms with Crippen LogP contribution < -0.4 is 24.4 Å². The summed E-state index contributed by atoms with van der Waals surface area (Å²) < 4.78 is 22.8. The third-order valence-corrected chi connectivity index (χ3v) is 5.35. The minimum absolute atomic E-state index is 0.298. The first-order chi connectivity index (χ1) is 17.4. The van der Waals surface area contributed by atoms with E-state index in [9.17, 15) is 4.79 Å². The fraction of sp³-hybridized carbons (Fsp3) is 0.259. The molecule has 3 rings (SSSR count). The van der Waals surface area contributed by atoms with Gasteiger partial charge in [-0.2, -0.15) is 5.10 Å². The number of hydrogen-bond donors (Lipinski definition) is 1. The number of carbonyl (C=O) groups excluding carboxylic acids is 1. The first-order valence-electron chi connectivity index (χ1n) is 11.5. The Hall–Kier alpha value is -3.42. The topological polar surface area (TPSA) is 78.4 Å². The lowest BCUT2D eigenvalue weighted by atomic mass is 10.2. The molecule has 0 aliphatic rings. The van der Waals surface area contributed by atoms with Gasteiger partial charge in [-0.25, -0.2) is 5.43 Å². The van der Waals surface area contributed by atoms with Crippen LogP contribution >= 0.6 is 23.2 Å². The molecule has 0 fully saturated rings. The smallest absolute Gasteiger partial charge is 0.271 e. The summed E-state index contributed by atoms with van der Waals surface area (Å²) in [5.41, 5.74) is 4.47. The Bertz CT molecular complexity index is 1200. The molecule has 0 heterocycles. The number of halogens is 2. The molecule has 0 unspecified atom stereocenters. The van der Waals surface area contributed by atoms with Crippen molar-refractivity contribution >= 4 is 35.3 Å². The van der Waals surface area contributed by atoms with E-state index in [-0.39, 0.29) is 0 Å². The Morgan fingerprint density at radius 1 is 0.833 bits per heavy atom. The molecule has 0 aromatic heterocycles. The number of hydrogen-bond acceptors (Lipinski definition) is 6. The maximum atomic E-state index is 12.6. The van der Waals surface area contributed by atoms with Gasteiger partial charge >= 0.3 is 0 Å². The average molecular weight is 531 g/mol. The normalized spacial score (nSPS) is 10.8. The molecule has 1 amide bonds. The van der Waals surface area contributed by atoms with Crippen molar-refractivity contribution in [2.75, 3.05) is 19.8 Å². The minimum Gasteiger partial charge on any atom is -0.490 e. The predicted molar refractivity (Wildman–Crippen MR) is 142 cm³/mol. The molecule has 0 bridgehead atoms. The molecule has 1 N–H and O–H groups in total. The highest BCUT2D eigenvalue weighted by Crippen LogP contribution is 2.37. The summed E-state index contributed by atoms with van der Waals surface area (Å²) in [6.07, 6.45) is 1.48. The van der Waals surface area contributed by atoms with Crippen LogP contribution in [0.1, 0.15) is 42.3 Å². The van der Waals surface area contributed by atoms with Crippen molar-refractivity contribution in [3.05, 3.63) is 81.3 Å². The van der Waals surface area contributed by atoms with Gasteiger partial charge in [0.05, 0.1) is 31.1 Å². The molecule has 0 atom stereocenters. The Morgan fingerprint density at radius 3 is 2.19 bits per heavy atom. The molecule has 0 aliphatic heterocycles. The van der Waals surface area contributed by atoms with E-state index >= 15 is 0 Å². The van der Waals surface area contributed by atoms with E-state index in [0.29, 0.717) is 70.6 Å². The van der Waals surface area contributed by atoms with Gasteiger partial charge < -0.3 is 18.9 Å². The van der Waals surface area contributed by atoms with E-state index in [4.69, 9.17) is 42.1 Å². The highest BCUT2D eigenvalue weighted by atomic mass is 35.5. The van der Waals surface area contributed by atoms with Crippen molar-refractivity contribution in [3.63, 3.8) is 0 Å². The number of carbonyl (C=O) groups is 1. The quantitative estimate of drug-likeness (QED) is 0.212. The van der Waals surface area contributed by atoms with E-state index in [1.807, 2.05) is 32.9 Å². The molecule has 3 aromatic carbocycles. The average Bonchev–Trinajstić information content (AvgIpc) is 2.86. The molecule has 0 saturated carbocycles. The highest BCUT2D eigenvalue weighted by Gasteiger charge is 2.14. The molecule has 190 valence electrons. The lowest BCUT2D eigenvalue weighted by Gasteiger charge is -2.14. The van der Waals surface area contributed by atoms with Crippen LogP contribution in [-0.2, 0) is 6.61 Å². The summed E-state index contributed by atoms with van der Waals surface area (Å²) in [4.78, 5) is 12.6. The van der Waals surface area contributed by atoms with Crippen molar-refractivity contribution in [1.29, 1.82) is 0 Å². The third kappa shape index (κ3) is 7.54. The van der Waals surface area contributed by atoms with E-state index in [1.54, 1.807) is 42.5 Å². The van der Waals surface area contributed by atoms with E-state index < -0.39 is 5.91 Å². The summed E-state index contributed by atoms with van der Waals surface area (Å²) in [5.74, 6) is 1.58. The van der Waals surface area contributed by atoms with Gasteiger partial charge in [-0.3, -0.25) is 4.79 Å². The van der Waals surface area contributed by atoms with Gasteiger partial charge in [0.15, 0.2) is 23.0 Å². The van der Waals surface area contributed by atoms with E-state index in [0.717, 1.165) is 5.56 Å². The molecule has 9 heteroatoms. The van der Waals surface area contributed by atoms with Crippen LogP contribution in [0.25, 0.3) is 0 Å². The van der Waals surface area contributed by atoms with Gasteiger partial charge in [0.2, 0.25) is 0 Å². The first kappa shape index (κ1) is 27.2. The number of ether oxygens (including phenoxy) is 4. The van der Waals surface area contributed by atoms with E-state index in [1.165, 1.54) is 6.21 Å². The van der Waals surface area contributed by atoms with Crippen LogP contribution in [0.5, 0.6) is 23.0 Å². The second-order valence-corrected chi connectivity index (χ2v) is 8.25. The van der Waals surface area contributed by atoms with Gasteiger partial charge in [-0.1, -0.05) is 35.3 Å². The molecular formula is C27H28Cl2N2O5. The molecule has 0 radical (unpaired) electrons. The molecule has 36 heavy (non-hydrogen) atoms. The number of benzene rings is 3. The largest absolute Gasteiger partial charge is 0.490 e. The van der Waals surface area contributed by atoms with Crippen LogP contribution in [0, 0.1) is 0 Å². The summed E-state index contributed by atoms with van der Waals surface area (Å²) in [6.45, 7) is 7.27. The van der Waals surface area contributed by atoms with E-state index in [2.05, 4.69) is 10.5 Å². The molecule has 0 spiro atoms. The molecule has 0 saturated heterocycles. The lowest BCUT2D eigenvalue weighted by molar-refractivity contribution is 0.0954. The maximum absolute atomic E-state index is 12.6. The highest BCUT2D eigenvalue weighted by molar-refractivity contribution is 6.32. The van der Waals surface area contributed by atoms with Gasteiger partial charge in [0.25, 0.3) is 5.91 Å². The standard InChI is InChI=1S/C27H28Cl2N2O5/c1-4-33-23-12-9-20(15-24(23)34-5-2)27(32)31-30-16-19-13-22(29)26(25(14-19)35-6-3)36-17-18-7-10-21(28)11-8-18/h7-16H,4-6,17H2,1-3H3,(H,31,32)/b30-16+. The number of nitrogens with zero attached hydrogens (tertiary/aromatic N) is 1. The summed E-state index contributed by atoms with van der Waals surface area (Å²) in [7, 11) is 0. The second-order valence-electron chi connectivity index (χ2n) is 7.40. The minimum atomic E-state index is -0.394. The fourth-order valence-electron chi connectivity index (χ4n) is 3.22. The van der Waals surface area contributed by atoms with Crippen LogP contribution in [0.4, 0.5) is 0 Å². The van der Waals surface area contributed by atoms with Crippen LogP contribution in [0.2, 0.25) is 10.0 Å². The maximum Gasteiger partial charge on any atom is 0.271 e. The summed E-state index contributed by atoms with van der Waals surface area (Å²) >= 11 is 12.4. The van der Waals surface area contributed by atoms with Crippen LogP contribution in [0.3, 0.4) is 0 Å². The first-order valence-corrected chi connectivity index (χ1v) is 12.3. The fourth-order valence-corrected chi connectivity index (χ4v) is 3.62. The summed E-state index contributed by atoms with van der Waals surface area (Å²) in [5, 5.41) is 5.07. The lowest BCUT2D eigenvalue weighted by Crippen LogP contribution is -2.17. The van der Waals surface area contributed by atoms with Gasteiger partial charge in [-0.05, 0) is 74.4 Å². The van der Waals surface area contributed by atoms with Crippen molar-refractivity contribution < 1.29 is 23.7 Å². The zero-order valence-corrected chi connectivity index (χ0v) is 21.9. The van der Waals surface area contributed by atoms with Crippen LogP contribution in [0.15, 0.2) is 59.7 Å². The van der Waals surface area contributed by atoms with Gasteiger partial charge in [0, 0.05) is 10.6 Å². The Balaban J connectivity index is 1.71. The second kappa shape index (κ2) is 13.6. The predicted octanol–water partition coefficient (Wildman–Crippen LogP) is 6.53. The number of hydrazone groups is 1. The number of nitrogens with one attached hydrogen (secondary N) is 1. The molecule has 7 nitrogen and oxygen atoms in total. The number of amides is 1. The SMILES string of the molecule is CCOc1ccc(C(=O)N/N=C/c2cc(Cl)c(OCc3ccc(Cl)cc3)c(OCC)c2)cc1OCC. The molecule has 3 aromatic rings. The molecule has 0 aliphatic carbocycles. The van der Waals surface area contributed by atoms with Crippen molar-refractivity contribution in [1.82, 2.24) is 5.43 Å². The van der Waals surface area contributed by atoms with Crippen molar-refractivity contribution in [3.8, 4) is 23.0 Å². The third-order valence-electron chi connectivity index (χ3n) is 4.81. The van der Waals surface area contributed by atoms with Crippen LogP contribution in [-0.4, -0.2) is 31.9 Å². The molecular weight excluding hydrogens is 503 g/mol. The Morgan fingerprint density at radius 2 is 1.50 bits per heavy atom. The Kier molecular flexibility index (Phi) is 10.3. The number of rotatable bonds is 12. The summed E-state index contributed by atoms with van der Waals surface area (Å²) in [6, 6.07) is 15.7. The van der Waals surface area contributed by atoms with Crippen molar-refractivity contribution in [2.24, 2.45) is 5.10 Å².